The largest absolute Gasteiger partial charge is 0.478 e. The minimum atomic E-state index is -0.842. The van der Waals surface area contributed by atoms with Gasteiger partial charge in [-0.05, 0) is 66.8 Å². The van der Waals surface area contributed by atoms with E-state index in [9.17, 15) is 4.79 Å². The molecule has 0 bridgehead atoms. The zero-order chi connectivity index (χ0) is 12.2. The van der Waals surface area contributed by atoms with Crippen LogP contribution in [0.2, 0.25) is 0 Å². The van der Waals surface area contributed by atoms with Gasteiger partial charge in [0.15, 0.2) is 0 Å². The van der Waals surface area contributed by atoms with Crippen LogP contribution in [0.25, 0.3) is 0 Å². The summed E-state index contributed by atoms with van der Waals surface area (Å²) in [5.74, 6) is -0.842. The summed E-state index contributed by atoms with van der Waals surface area (Å²) in [6.45, 7) is 1.98. The molecule has 0 saturated heterocycles. The fourth-order valence-electron chi connectivity index (χ4n) is 3.23. The zero-order valence-corrected chi connectivity index (χ0v) is 9.99. The minimum absolute atomic E-state index is 0.0825. The molecule has 1 atom stereocenters. The van der Waals surface area contributed by atoms with Crippen molar-refractivity contribution < 1.29 is 9.90 Å². The molecule has 1 aromatic carbocycles. The third kappa shape index (κ3) is 1.49. The summed E-state index contributed by atoms with van der Waals surface area (Å²) >= 11 is 0. The lowest BCUT2D eigenvalue weighted by Gasteiger charge is -2.31. The van der Waals surface area contributed by atoms with Crippen molar-refractivity contribution in [3.63, 3.8) is 0 Å². The molecule has 2 aliphatic carbocycles. The molecular formula is C14H17NO2. The Labute approximate surface area is 101 Å². The lowest BCUT2D eigenvalue weighted by molar-refractivity contribution is 0.0696. The first-order valence-electron chi connectivity index (χ1n) is 6.17. The van der Waals surface area contributed by atoms with Crippen LogP contribution in [0.3, 0.4) is 0 Å². The highest BCUT2D eigenvalue weighted by Gasteiger charge is 2.48. The van der Waals surface area contributed by atoms with Gasteiger partial charge in [-0.15, -0.1) is 0 Å². The molecule has 0 heterocycles. The second-order valence-corrected chi connectivity index (χ2v) is 5.49. The molecule has 1 unspecified atom stereocenters. The van der Waals surface area contributed by atoms with Crippen LogP contribution in [0, 0.1) is 6.92 Å². The summed E-state index contributed by atoms with van der Waals surface area (Å²) in [4.78, 5) is 11.1. The SMILES string of the molecule is Cc1cc(C(=O)O)cc2c1C(N)CCC21CC1. The number of aromatic carboxylic acids is 1. The Morgan fingerprint density at radius 1 is 1.41 bits per heavy atom. The van der Waals surface area contributed by atoms with Crippen LogP contribution in [0.4, 0.5) is 0 Å². The highest BCUT2D eigenvalue weighted by atomic mass is 16.4. The Hall–Kier alpha value is -1.35. The van der Waals surface area contributed by atoms with Crippen molar-refractivity contribution in [2.45, 2.75) is 44.1 Å². The molecule has 0 radical (unpaired) electrons. The molecule has 1 saturated carbocycles. The predicted octanol–water partition coefficient (Wildman–Crippen LogP) is 2.52. The quantitative estimate of drug-likeness (QED) is 0.780. The summed E-state index contributed by atoms with van der Waals surface area (Å²) in [6, 6.07) is 3.69. The van der Waals surface area contributed by atoms with Gasteiger partial charge in [-0.1, -0.05) is 0 Å². The van der Waals surface area contributed by atoms with Crippen LogP contribution in [-0.2, 0) is 5.41 Å². The molecule has 1 spiro atoms. The fourth-order valence-corrected chi connectivity index (χ4v) is 3.23. The van der Waals surface area contributed by atoms with Gasteiger partial charge in [0, 0.05) is 6.04 Å². The number of carboxylic acid groups (broad SMARTS) is 1. The normalized spacial score (nSPS) is 24.5. The average molecular weight is 231 g/mol. The van der Waals surface area contributed by atoms with Crippen molar-refractivity contribution in [2.75, 3.05) is 0 Å². The van der Waals surface area contributed by atoms with E-state index in [4.69, 9.17) is 10.8 Å². The maximum Gasteiger partial charge on any atom is 0.335 e. The summed E-state index contributed by atoms with van der Waals surface area (Å²) in [7, 11) is 0. The third-order valence-electron chi connectivity index (χ3n) is 4.36. The second-order valence-electron chi connectivity index (χ2n) is 5.49. The van der Waals surface area contributed by atoms with Gasteiger partial charge >= 0.3 is 5.97 Å². The highest BCUT2D eigenvalue weighted by Crippen LogP contribution is 2.57. The molecule has 3 rings (SSSR count). The predicted molar refractivity (Wildman–Crippen MR) is 65.2 cm³/mol. The standard InChI is InChI=1S/C14H17NO2/c1-8-6-9(13(16)17)7-10-12(8)11(15)2-3-14(10)4-5-14/h6-7,11H,2-5,15H2,1H3,(H,16,17). The molecule has 1 aromatic rings. The third-order valence-corrected chi connectivity index (χ3v) is 4.36. The van der Waals surface area contributed by atoms with Crippen molar-refractivity contribution in [1.29, 1.82) is 0 Å². The number of carbonyl (C=O) groups is 1. The van der Waals surface area contributed by atoms with E-state index in [1.54, 1.807) is 6.07 Å². The summed E-state index contributed by atoms with van der Waals surface area (Å²) in [6.07, 6.45) is 4.52. The van der Waals surface area contributed by atoms with E-state index in [2.05, 4.69) is 0 Å². The first kappa shape index (κ1) is 10.8. The topological polar surface area (TPSA) is 63.3 Å². The molecule has 0 aromatic heterocycles. The van der Waals surface area contributed by atoms with Crippen molar-refractivity contribution in [3.8, 4) is 0 Å². The van der Waals surface area contributed by atoms with Gasteiger partial charge < -0.3 is 10.8 Å². The lowest BCUT2D eigenvalue weighted by atomic mass is 9.75. The monoisotopic (exact) mass is 231 g/mol. The molecule has 17 heavy (non-hydrogen) atoms. The van der Waals surface area contributed by atoms with Crippen molar-refractivity contribution in [1.82, 2.24) is 0 Å². The number of carboxylic acids is 1. The maximum absolute atomic E-state index is 11.1. The Kier molecular flexibility index (Phi) is 2.11. The van der Waals surface area contributed by atoms with Gasteiger partial charge in [0.05, 0.1) is 5.56 Å². The van der Waals surface area contributed by atoms with E-state index >= 15 is 0 Å². The summed E-state index contributed by atoms with van der Waals surface area (Å²) in [5.41, 5.74) is 10.3. The lowest BCUT2D eigenvalue weighted by Crippen LogP contribution is -2.26. The van der Waals surface area contributed by atoms with E-state index in [0.717, 1.165) is 18.4 Å². The molecule has 3 nitrogen and oxygen atoms in total. The smallest absolute Gasteiger partial charge is 0.335 e. The van der Waals surface area contributed by atoms with Gasteiger partial charge in [0.1, 0.15) is 0 Å². The van der Waals surface area contributed by atoms with E-state index in [-0.39, 0.29) is 11.5 Å². The fraction of sp³-hybridized carbons (Fsp3) is 0.500. The first-order chi connectivity index (χ1) is 8.03. The van der Waals surface area contributed by atoms with Crippen LogP contribution < -0.4 is 5.73 Å². The Balaban J connectivity index is 2.22. The van der Waals surface area contributed by atoms with Crippen LogP contribution in [0.1, 0.15) is 58.8 Å². The molecule has 3 N–H and O–H groups in total. The summed E-state index contributed by atoms with van der Waals surface area (Å²) in [5, 5.41) is 9.14. The van der Waals surface area contributed by atoms with E-state index in [0.29, 0.717) is 5.56 Å². The number of benzene rings is 1. The Bertz CT molecular complexity index is 503. The average Bonchev–Trinajstić information content (AvgIpc) is 3.04. The second kappa shape index (κ2) is 3.33. The Morgan fingerprint density at radius 2 is 2.12 bits per heavy atom. The van der Waals surface area contributed by atoms with Crippen molar-refractivity contribution >= 4 is 5.97 Å². The van der Waals surface area contributed by atoms with Gasteiger partial charge in [-0.2, -0.15) is 0 Å². The number of hydrogen-bond acceptors (Lipinski definition) is 2. The molecule has 3 heteroatoms. The Morgan fingerprint density at radius 3 is 2.71 bits per heavy atom. The van der Waals surface area contributed by atoms with Crippen molar-refractivity contribution in [3.05, 3.63) is 34.4 Å². The molecule has 1 fully saturated rings. The molecule has 90 valence electrons. The van der Waals surface area contributed by atoms with Gasteiger partial charge in [-0.25, -0.2) is 4.79 Å². The van der Waals surface area contributed by atoms with Crippen LogP contribution >= 0.6 is 0 Å². The summed E-state index contributed by atoms with van der Waals surface area (Å²) < 4.78 is 0. The van der Waals surface area contributed by atoms with Gasteiger partial charge in [0.25, 0.3) is 0 Å². The van der Waals surface area contributed by atoms with Gasteiger partial charge in [-0.3, -0.25) is 0 Å². The van der Waals surface area contributed by atoms with Crippen LogP contribution in [0.15, 0.2) is 12.1 Å². The molecule has 0 aliphatic heterocycles. The van der Waals surface area contributed by atoms with Crippen molar-refractivity contribution in [2.24, 2.45) is 5.73 Å². The number of rotatable bonds is 1. The molecular weight excluding hydrogens is 214 g/mol. The van der Waals surface area contributed by atoms with Crippen LogP contribution in [-0.4, -0.2) is 11.1 Å². The van der Waals surface area contributed by atoms with Crippen LogP contribution in [0.5, 0.6) is 0 Å². The van der Waals surface area contributed by atoms with E-state index in [1.165, 1.54) is 24.0 Å². The maximum atomic E-state index is 11.1. The number of nitrogens with two attached hydrogens (primary N) is 1. The highest BCUT2D eigenvalue weighted by molar-refractivity contribution is 5.88. The molecule has 0 amide bonds. The number of fused-ring (bicyclic) bond motifs is 2. The number of hydrogen-bond donors (Lipinski definition) is 2. The first-order valence-corrected chi connectivity index (χ1v) is 6.17. The zero-order valence-electron chi connectivity index (χ0n) is 9.99. The minimum Gasteiger partial charge on any atom is -0.478 e. The number of aryl methyl sites for hydroxylation is 1. The van der Waals surface area contributed by atoms with E-state index in [1.807, 2.05) is 13.0 Å². The molecule has 2 aliphatic rings. The van der Waals surface area contributed by atoms with E-state index < -0.39 is 5.97 Å². The van der Waals surface area contributed by atoms with Gasteiger partial charge in [0.2, 0.25) is 0 Å².